The number of anilines is 2. The summed E-state index contributed by atoms with van der Waals surface area (Å²) in [4.78, 5) is 23.8. The zero-order chi connectivity index (χ0) is 21.8. The maximum atomic E-state index is 11.5. The molecule has 8 heteroatoms. The highest BCUT2D eigenvalue weighted by Crippen LogP contribution is 2.42. The fraction of sp³-hybridized carbons (Fsp3) is 0.409. The molecular weight excluding hydrogens is 398 g/mol. The first-order chi connectivity index (χ1) is 14.3. The van der Waals surface area contributed by atoms with E-state index in [2.05, 4.69) is 65.5 Å². The molecule has 0 bridgehead atoms. The topological polar surface area (TPSA) is 79.4 Å². The van der Waals surface area contributed by atoms with Crippen LogP contribution in [0.3, 0.4) is 0 Å². The number of pyridine rings is 1. The summed E-state index contributed by atoms with van der Waals surface area (Å²) >= 11 is 1.48. The van der Waals surface area contributed by atoms with Crippen LogP contribution in [-0.2, 0) is 16.1 Å². The molecule has 0 saturated heterocycles. The Bertz CT molecular complexity index is 976. The molecule has 7 nitrogen and oxygen atoms in total. The van der Waals surface area contributed by atoms with Gasteiger partial charge in [-0.25, -0.2) is 9.97 Å². The van der Waals surface area contributed by atoms with Crippen molar-refractivity contribution < 1.29 is 9.53 Å². The van der Waals surface area contributed by atoms with Gasteiger partial charge in [-0.3, -0.25) is 4.79 Å². The fourth-order valence-electron chi connectivity index (χ4n) is 3.18. The number of fused-ring (bicyclic) bond motifs is 1. The van der Waals surface area contributed by atoms with E-state index in [4.69, 9.17) is 4.74 Å². The monoisotopic (exact) mass is 427 g/mol. The molecule has 1 amide bonds. The molecule has 0 fully saturated rings. The normalized spacial score (nSPS) is 13.8. The Morgan fingerprint density at radius 3 is 2.73 bits per heavy atom. The van der Waals surface area contributed by atoms with Gasteiger partial charge in [0.2, 0.25) is 5.91 Å². The third-order valence-electron chi connectivity index (χ3n) is 4.87. The molecule has 0 radical (unpaired) electrons. The van der Waals surface area contributed by atoms with Gasteiger partial charge in [0.05, 0.1) is 10.6 Å². The van der Waals surface area contributed by atoms with Crippen LogP contribution in [0.5, 0.6) is 0 Å². The lowest BCUT2D eigenvalue weighted by Crippen LogP contribution is -2.28. The molecule has 0 unspecified atom stereocenters. The molecule has 30 heavy (non-hydrogen) atoms. The Morgan fingerprint density at radius 2 is 2.17 bits per heavy atom. The third-order valence-corrected chi connectivity index (χ3v) is 5.89. The summed E-state index contributed by atoms with van der Waals surface area (Å²) in [5.41, 5.74) is 3.83. The Morgan fingerprint density at radius 1 is 1.40 bits per heavy atom. The van der Waals surface area contributed by atoms with E-state index in [0.29, 0.717) is 11.7 Å². The van der Waals surface area contributed by atoms with Gasteiger partial charge >= 0.3 is 0 Å². The number of amides is 1. The van der Waals surface area contributed by atoms with Crippen LogP contribution < -0.4 is 10.6 Å². The molecule has 3 heterocycles. The maximum Gasteiger partial charge on any atom is 0.223 e. The minimum absolute atomic E-state index is 0.132. The molecule has 0 aliphatic carbocycles. The average molecular weight is 428 g/mol. The van der Waals surface area contributed by atoms with E-state index in [1.807, 2.05) is 19.3 Å². The van der Waals surface area contributed by atoms with Gasteiger partial charge in [0.25, 0.3) is 0 Å². The van der Waals surface area contributed by atoms with E-state index in [1.165, 1.54) is 18.3 Å². The van der Waals surface area contributed by atoms with Crippen molar-refractivity contribution in [2.24, 2.45) is 0 Å². The molecule has 0 atom stereocenters. The van der Waals surface area contributed by atoms with E-state index >= 15 is 0 Å². The molecule has 0 spiro atoms. The number of aromatic nitrogens is 2. The van der Waals surface area contributed by atoms with Crippen molar-refractivity contribution in [1.29, 1.82) is 0 Å². The maximum absolute atomic E-state index is 11.5. The zero-order valence-electron chi connectivity index (χ0n) is 18.4. The highest BCUT2D eigenvalue weighted by molar-refractivity contribution is 7.17. The summed E-state index contributed by atoms with van der Waals surface area (Å²) < 4.78 is 6.29. The van der Waals surface area contributed by atoms with Crippen molar-refractivity contribution in [3.05, 3.63) is 46.3 Å². The largest absolute Gasteiger partial charge is 0.484 e. The third kappa shape index (κ3) is 4.48. The molecule has 160 valence electrons. The number of thiazole rings is 1. The van der Waals surface area contributed by atoms with Crippen molar-refractivity contribution in [2.75, 3.05) is 24.7 Å². The van der Waals surface area contributed by atoms with E-state index in [-0.39, 0.29) is 11.9 Å². The first kappa shape index (κ1) is 21.8. The Labute approximate surface area is 181 Å². The molecule has 2 N–H and O–H groups in total. The van der Waals surface area contributed by atoms with Crippen LogP contribution in [-0.4, -0.2) is 40.9 Å². The van der Waals surface area contributed by atoms with Gasteiger partial charge in [-0.2, -0.15) is 0 Å². The van der Waals surface area contributed by atoms with Gasteiger partial charge in [0.1, 0.15) is 18.1 Å². The Hall–Kier alpha value is -2.87. The number of nitrogens with one attached hydrogen (secondary N) is 2. The van der Waals surface area contributed by atoms with Gasteiger partial charge in [0.15, 0.2) is 10.9 Å². The average Bonchev–Trinajstić information content (AvgIpc) is 3.12. The minimum atomic E-state index is -0.132. The molecule has 2 aromatic rings. The second-order valence-corrected chi connectivity index (χ2v) is 8.35. The van der Waals surface area contributed by atoms with Gasteiger partial charge in [-0.15, -0.1) is 0 Å². The van der Waals surface area contributed by atoms with Crippen molar-refractivity contribution in [2.45, 2.75) is 46.8 Å². The lowest BCUT2D eigenvalue weighted by Gasteiger charge is -2.32. The van der Waals surface area contributed by atoms with Crippen molar-refractivity contribution >= 4 is 39.5 Å². The van der Waals surface area contributed by atoms with Crippen LogP contribution in [0.15, 0.2) is 30.2 Å². The zero-order valence-corrected chi connectivity index (χ0v) is 19.2. The number of rotatable bonds is 7. The van der Waals surface area contributed by atoms with Crippen LogP contribution in [0.2, 0.25) is 0 Å². The van der Waals surface area contributed by atoms with Gasteiger partial charge < -0.3 is 20.3 Å². The number of hydrogen-bond acceptors (Lipinski definition) is 7. The summed E-state index contributed by atoms with van der Waals surface area (Å²) in [7, 11) is 3.91. The second-order valence-electron chi connectivity index (χ2n) is 7.36. The Kier molecular flexibility index (Phi) is 6.77. The van der Waals surface area contributed by atoms with E-state index in [0.717, 1.165) is 45.4 Å². The SMILES string of the molecule is CC/C=C(/C1=C(N(C)C(C)C)c2sc(NC(C)=O)nc2CO1)c1ccc(NC)nc1. The number of carbonyl (C=O) groups excluding carboxylic acids is 1. The smallest absolute Gasteiger partial charge is 0.223 e. The molecule has 3 rings (SSSR count). The van der Waals surface area contributed by atoms with Crippen LogP contribution in [0.1, 0.15) is 50.3 Å². The number of allylic oxidation sites excluding steroid dienone is 2. The van der Waals surface area contributed by atoms with Crippen molar-refractivity contribution in [3.63, 3.8) is 0 Å². The predicted molar refractivity (Wildman–Crippen MR) is 123 cm³/mol. The minimum Gasteiger partial charge on any atom is -0.484 e. The number of ether oxygens (including phenoxy) is 1. The summed E-state index contributed by atoms with van der Waals surface area (Å²) in [5, 5.41) is 6.45. The van der Waals surface area contributed by atoms with E-state index in [9.17, 15) is 4.79 Å². The number of nitrogens with zero attached hydrogens (tertiary/aromatic N) is 3. The van der Waals surface area contributed by atoms with Crippen LogP contribution in [0.25, 0.3) is 11.3 Å². The quantitative estimate of drug-likeness (QED) is 0.674. The van der Waals surface area contributed by atoms with E-state index in [1.54, 1.807) is 0 Å². The predicted octanol–water partition coefficient (Wildman–Crippen LogP) is 4.57. The lowest BCUT2D eigenvalue weighted by molar-refractivity contribution is -0.114. The van der Waals surface area contributed by atoms with Crippen molar-refractivity contribution in [1.82, 2.24) is 14.9 Å². The van der Waals surface area contributed by atoms with Crippen LogP contribution in [0, 0.1) is 0 Å². The van der Waals surface area contributed by atoms with Crippen LogP contribution in [0.4, 0.5) is 10.9 Å². The standard InChI is InChI=1S/C22H29N5O2S/c1-7-8-16(15-9-10-18(23-5)24-11-15)20-19(27(6)13(2)3)21-17(12-29-20)26-22(30-21)25-14(4)28/h8-11,13H,7,12H2,1-6H3,(H,23,24)(H,25,26,28)/b16-8+. The van der Waals surface area contributed by atoms with E-state index < -0.39 is 0 Å². The fourth-order valence-corrected chi connectivity index (χ4v) is 4.28. The first-order valence-corrected chi connectivity index (χ1v) is 10.9. The van der Waals surface area contributed by atoms with Crippen LogP contribution >= 0.6 is 11.3 Å². The highest BCUT2D eigenvalue weighted by Gasteiger charge is 2.30. The highest BCUT2D eigenvalue weighted by atomic mass is 32.1. The molecule has 1 aliphatic heterocycles. The Balaban J connectivity index is 2.17. The summed E-state index contributed by atoms with van der Waals surface area (Å²) in [5.74, 6) is 1.50. The van der Waals surface area contributed by atoms with Gasteiger partial charge in [0, 0.05) is 44.4 Å². The lowest BCUT2D eigenvalue weighted by atomic mass is 10.00. The summed E-state index contributed by atoms with van der Waals surface area (Å²) in [6, 6.07) is 4.26. The molecule has 2 aromatic heterocycles. The van der Waals surface area contributed by atoms with Crippen molar-refractivity contribution in [3.8, 4) is 0 Å². The summed E-state index contributed by atoms with van der Waals surface area (Å²) in [6.45, 7) is 8.24. The molecule has 0 saturated carbocycles. The number of carbonyl (C=O) groups is 1. The number of hydrogen-bond donors (Lipinski definition) is 2. The molecule has 0 aromatic carbocycles. The van der Waals surface area contributed by atoms with Gasteiger partial charge in [-0.05, 0) is 32.4 Å². The first-order valence-electron chi connectivity index (χ1n) is 10.1. The molecule has 1 aliphatic rings. The molecular formula is C22H29N5O2S. The van der Waals surface area contributed by atoms with Gasteiger partial charge in [-0.1, -0.05) is 24.3 Å². The second kappa shape index (κ2) is 9.30. The summed E-state index contributed by atoms with van der Waals surface area (Å²) in [6.07, 6.45) is 4.89.